The predicted octanol–water partition coefficient (Wildman–Crippen LogP) is 0.847. The Morgan fingerprint density at radius 1 is 1.50 bits per heavy atom. The van der Waals surface area contributed by atoms with E-state index in [9.17, 15) is 0 Å². The van der Waals surface area contributed by atoms with E-state index in [1.807, 2.05) is 25.3 Å². The second kappa shape index (κ2) is 3.62. The van der Waals surface area contributed by atoms with Crippen LogP contribution in [0.2, 0.25) is 0 Å². The topological polar surface area (TPSA) is 55.0 Å². The first-order valence-corrected chi connectivity index (χ1v) is 4.71. The minimum atomic E-state index is 0.316. The van der Waals surface area contributed by atoms with Gasteiger partial charge in [0, 0.05) is 20.3 Å². The fraction of sp³-hybridized carbons (Fsp3) is 0.429. The van der Waals surface area contributed by atoms with Crippen LogP contribution in [0.1, 0.15) is 0 Å². The Kier molecular flexibility index (Phi) is 2.75. The van der Waals surface area contributed by atoms with E-state index >= 15 is 0 Å². The van der Waals surface area contributed by atoms with Gasteiger partial charge >= 0.3 is 0 Å². The van der Waals surface area contributed by atoms with E-state index in [1.165, 1.54) is 0 Å². The SMILES string of the molecule is CSc1cnc(N)nc1N(C)C. The Morgan fingerprint density at radius 3 is 2.67 bits per heavy atom. The molecule has 0 unspecified atom stereocenters. The molecule has 0 aliphatic rings. The normalized spacial score (nSPS) is 9.92. The van der Waals surface area contributed by atoms with Gasteiger partial charge in [-0.1, -0.05) is 0 Å². The van der Waals surface area contributed by atoms with Gasteiger partial charge in [0.2, 0.25) is 5.95 Å². The quantitative estimate of drug-likeness (QED) is 0.690. The van der Waals surface area contributed by atoms with Crippen molar-refractivity contribution in [2.45, 2.75) is 4.90 Å². The lowest BCUT2D eigenvalue weighted by molar-refractivity contribution is 1.00. The Labute approximate surface area is 76.2 Å². The van der Waals surface area contributed by atoms with Crippen LogP contribution in [0.15, 0.2) is 11.1 Å². The van der Waals surface area contributed by atoms with Gasteiger partial charge in [-0.25, -0.2) is 4.98 Å². The molecule has 0 fully saturated rings. The molecule has 0 saturated carbocycles. The number of nitrogens with zero attached hydrogens (tertiary/aromatic N) is 3. The van der Waals surface area contributed by atoms with Crippen molar-refractivity contribution in [3.63, 3.8) is 0 Å². The van der Waals surface area contributed by atoms with E-state index in [0.29, 0.717) is 5.95 Å². The molecule has 12 heavy (non-hydrogen) atoms. The molecule has 1 rings (SSSR count). The van der Waals surface area contributed by atoms with Gasteiger partial charge in [0.15, 0.2) is 0 Å². The molecule has 0 atom stereocenters. The monoisotopic (exact) mass is 184 g/mol. The summed E-state index contributed by atoms with van der Waals surface area (Å²) in [7, 11) is 3.86. The number of anilines is 2. The van der Waals surface area contributed by atoms with Gasteiger partial charge < -0.3 is 10.6 Å². The first kappa shape index (κ1) is 9.12. The fourth-order valence-electron chi connectivity index (χ4n) is 0.839. The van der Waals surface area contributed by atoms with Crippen molar-refractivity contribution in [3.05, 3.63) is 6.20 Å². The van der Waals surface area contributed by atoms with Gasteiger partial charge in [0.25, 0.3) is 0 Å². The molecule has 0 aliphatic carbocycles. The Balaban J connectivity index is 3.12. The molecule has 5 heteroatoms. The summed E-state index contributed by atoms with van der Waals surface area (Å²) >= 11 is 1.61. The van der Waals surface area contributed by atoms with E-state index < -0.39 is 0 Å². The van der Waals surface area contributed by atoms with Crippen LogP contribution >= 0.6 is 11.8 Å². The van der Waals surface area contributed by atoms with Crippen molar-refractivity contribution in [3.8, 4) is 0 Å². The average Bonchev–Trinajstić information content (AvgIpc) is 2.04. The second-order valence-corrected chi connectivity index (χ2v) is 3.36. The van der Waals surface area contributed by atoms with Crippen molar-refractivity contribution in [2.24, 2.45) is 0 Å². The molecular formula is C7H12N4S. The summed E-state index contributed by atoms with van der Waals surface area (Å²) in [5.41, 5.74) is 5.46. The van der Waals surface area contributed by atoms with E-state index in [4.69, 9.17) is 5.73 Å². The van der Waals surface area contributed by atoms with Crippen LogP contribution in [-0.4, -0.2) is 30.3 Å². The van der Waals surface area contributed by atoms with E-state index in [1.54, 1.807) is 18.0 Å². The van der Waals surface area contributed by atoms with Crippen LogP contribution < -0.4 is 10.6 Å². The van der Waals surface area contributed by atoms with Crippen LogP contribution in [-0.2, 0) is 0 Å². The third kappa shape index (κ3) is 1.79. The fourth-order valence-corrected chi connectivity index (χ4v) is 1.41. The van der Waals surface area contributed by atoms with Gasteiger partial charge in [0.05, 0.1) is 4.90 Å². The maximum atomic E-state index is 5.46. The van der Waals surface area contributed by atoms with Crippen LogP contribution in [0.25, 0.3) is 0 Å². The number of rotatable bonds is 2. The van der Waals surface area contributed by atoms with Gasteiger partial charge in [0.1, 0.15) is 5.82 Å². The maximum Gasteiger partial charge on any atom is 0.222 e. The lowest BCUT2D eigenvalue weighted by Gasteiger charge is -2.14. The molecule has 0 saturated heterocycles. The van der Waals surface area contributed by atoms with Crippen molar-refractivity contribution >= 4 is 23.5 Å². The highest BCUT2D eigenvalue weighted by molar-refractivity contribution is 7.98. The predicted molar refractivity (Wildman–Crippen MR) is 52.6 cm³/mol. The van der Waals surface area contributed by atoms with Gasteiger partial charge in [-0.15, -0.1) is 11.8 Å². The average molecular weight is 184 g/mol. The van der Waals surface area contributed by atoms with Crippen LogP contribution in [0, 0.1) is 0 Å². The summed E-state index contributed by atoms with van der Waals surface area (Å²) in [5.74, 6) is 1.19. The third-order valence-electron chi connectivity index (χ3n) is 1.40. The standard InChI is InChI=1S/C7H12N4S/c1-11(2)6-5(12-3)4-9-7(8)10-6/h4H,1-3H3,(H2,8,9,10). The molecule has 66 valence electrons. The number of nitrogen functional groups attached to an aromatic ring is 1. The molecule has 1 aromatic rings. The zero-order valence-corrected chi connectivity index (χ0v) is 8.22. The molecule has 0 amide bonds. The molecule has 0 radical (unpaired) electrons. The first-order valence-electron chi connectivity index (χ1n) is 3.49. The molecule has 0 bridgehead atoms. The van der Waals surface area contributed by atoms with Gasteiger partial charge in [-0.2, -0.15) is 4.98 Å². The lowest BCUT2D eigenvalue weighted by Crippen LogP contribution is -2.13. The zero-order chi connectivity index (χ0) is 9.14. The van der Waals surface area contributed by atoms with Crippen molar-refractivity contribution in [2.75, 3.05) is 31.0 Å². The summed E-state index contributed by atoms with van der Waals surface area (Å²) in [6.07, 6.45) is 3.73. The Morgan fingerprint density at radius 2 is 2.17 bits per heavy atom. The van der Waals surface area contributed by atoms with Crippen molar-refractivity contribution < 1.29 is 0 Å². The molecule has 0 spiro atoms. The Hall–Kier alpha value is -0.970. The minimum absolute atomic E-state index is 0.316. The zero-order valence-electron chi connectivity index (χ0n) is 7.40. The summed E-state index contributed by atoms with van der Waals surface area (Å²) in [6, 6.07) is 0. The Bertz CT molecular complexity index is 274. The van der Waals surface area contributed by atoms with Crippen molar-refractivity contribution in [1.82, 2.24) is 9.97 Å². The van der Waals surface area contributed by atoms with E-state index in [-0.39, 0.29) is 0 Å². The van der Waals surface area contributed by atoms with Crippen LogP contribution in [0.4, 0.5) is 11.8 Å². The van der Waals surface area contributed by atoms with Crippen LogP contribution in [0.5, 0.6) is 0 Å². The number of aromatic nitrogens is 2. The summed E-state index contributed by atoms with van der Waals surface area (Å²) in [6.45, 7) is 0. The molecule has 2 N–H and O–H groups in total. The maximum absolute atomic E-state index is 5.46. The largest absolute Gasteiger partial charge is 0.368 e. The first-order chi connectivity index (χ1) is 5.65. The number of hydrogen-bond acceptors (Lipinski definition) is 5. The highest BCUT2D eigenvalue weighted by Gasteiger charge is 2.05. The summed E-state index contributed by atoms with van der Waals surface area (Å²) < 4.78 is 0. The smallest absolute Gasteiger partial charge is 0.222 e. The number of nitrogens with two attached hydrogens (primary N) is 1. The molecule has 0 aromatic carbocycles. The number of hydrogen-bond donors (Lipinski definition) is 1. The van der Waals surface area contributed by atoms with Gasteiger partial charge in [-0.3, -0.25) is 0 Å². The van der Waals surface area contributed by atoms with E-state index in [0.717, 1.165) is 10.7 Å². The molecule has 1 heterocycles. The van der Waals surface area contributed by atoms with Gasteiger partial charge in [-0.05, 0) is 6.26 Å². The van der Waals surface area contributed by atoms with Crippen molar-refractivity contribution in [1.29, 1.82) is 0 Å². The second-order valence-electron chi connectivity index (χ2n) is 2.51. The number of thioether (sulfide) groups is 1. The molecule has 4 nitrogen and oxygen atoms in total. The third-order valence-corrected chi connectivity index (χ3v) is 2.13. The van der Waals surface area contributed by atoms with Crippen LogP contribution in [0.3, 0.4) is 0 Å². The highest BCUT2D eigenvalue weighted by atomic mass is 32.2. The van der Waals surface area contributed by atoms with E-state index in [2.05, 4.69) is 9.97 Å². The summed E-state index contributed by atoms with van der Waals surface area (Å²) in [4.78, 5) is 11.0. The molecule has 1 aromatic heterocycles. The molecular weight excluding hydrogens is 172 g/mol. The lowest BCUT2D eigenvalue weighted by atomic mass is 10.5. The summed E-state index contributed by atoms with van der Waals surface area (Å²) in [5, 5.41) is 0. The highest BCUT2D eigenvalue weighted by Crippen LogP contribution is 2.24. The minimum Gasteiger partial charge on any atom is -0.368 e. The molecule has 0 aliphatic heterocycles.